The molecule has 150 valence electrons. The molecular formula is C20H17Cl2N3O3S. The SMILES string of the molecule is CS(=O)(=O)N(CC(=O)N/N=C\c1ccc(Cl)cc1Cl)c1cccc2ccccc12. The van der Waals surface area contributed by atoms with E-state index in [0.717, 1.165) is 21.3 Å². The zero-order valence-corrected chi connectivity index (χ0v) is 17.7. The summed E-state index contributed by atoms with van der Waals surface area (Å²) in [5.41, 5.74) is 3.31. The number of carbonyl (C=O) groups is 1. The Balaban J connectivity index is 1.80. The number of hydrogen-bond donors (Lipinski definition) is 1. The summed E-state index contributed by atoms with van der Waals surface area (Å²) >= 11 is 11.9. The molecule has 3 aromatic carbocycles. The minimum atomic E-state index is -3.71. The zero-order chi connectivity index (χ0) is 21.0. The molecule has 0 unspecified atom stereocenters. The van der Waals surface area contributed by atoms with Crippen LogP contribution in [0.25, 0.3) is 10.8 Å². The summed E-state index contributed by atoms with van der Waals surface area (Å²) in [5.74, 6) is -0.593. The fourth-order valence-electron chi connectivity index (χ4n) is 2.75. The van der Waals surface area contributed by atoms with Gasteiger partial charge in [-0.2, -0.15) is 5.10 Å². The minimum Gasteiger partial charge on any atom is -0.271 e. The van der Waals surface area contributed by atoms with Gasteiger partial charge < -0.3 is 0 Å². The molecule has 9 heteroatoms. The number of anilines is 1. The Labute approximate surface area is 178 Å². The number of amides is 1. The third kappa shape index (κ3) is 5.26. The Bertz CT molecular complexity index is 1190. The van der Waals surface area contributed by atoms with Gasteiger partial charge in [0.2, 0.25) is 10.0 Å². The maximum Gasteiger partial charge on any atom is 0.260 e. The first-order valence-electron chi connectivity index (χ1n) is 8.48. The largest absolute Gasteiger partial charge is 0.271 e. The average molecular weight is 450 g/mol. The summed E-state index contributed by atoms with van der Waals surface area (Å²) in [6, 6.07) is 17.5. The number of benzene rings is 3. The molecule has 29 heavy (non-hydrogen) atoms. The van der Waals surface area contributed by atoms with E-state index in [1.54, 1.807) is 36.4 Å². The van der Waals surface area contributed by atoms with Crippen LogP contribution in [0.4, 0.5) is 5.69 Å². The Morgan fingerprint density at radius 3 is 2.55 bits per heavy atom. The highest BCUT2D eigenvalue weighted by Gasteiger charge is 2.22. The van der Waals surface area contributed by atoms with Crippen molar-refractivity contribution in [2.45, 2.75) is 0 Å². The molecule has 0 fully saturated rings. The molecule has 0 aromatic heterocycles. The van der Waals surface area contributed by atoms with Crippen LogP contribution in [-0.4, -0.2) is 33.3 Å². The highest BCUT2D eigenvalue weighted by atomic mass is 35.5. The van der Waals surface area contributed by atoms with Crippen molar-refractivity contribution >= 4 is 61.8 Å². The molecule has 0 saturated carbocycles. The fourth-order valence-corrected chi connectivity index (χ4v) is 4.08. The number of fused-ring (bicyclic) bond motifs is 1. The van der Waals surface area contributed by atoms with E-state index in [1.165, 1.54) is 6.21 Å². The Hall–Kier alpha value is -2.61. The van der Waals surface area contributed by atoms with Crippen LogP contribution >= 0.6 is 23.2 Å². The molecule has 0 aliphatic heterocycles. The van der Waals surface area contributed by atoms with Crippen LogP contribution in [0.2, 0.25) is 10.0 Å². The van der Waals surface area contributed by atoms with Crippen LogP contribution < -0.4 is 9.73 Å². The van der Waals surface area contributed by atoms with Crippen molar-refractivity contribution < 1.29 is 13.2 Å². The molecule has 0 aliphatic carbocycles. The van der Waals surface area contributed by atoms with Gasteiger partial charge in [0.15, 0.2) is 0 Å². The van der Waals surface area contributed by atoms with Crippen LogP contribution in [0, 0.1) is 0 Å². The number of hydrazone groups is 1. The van der Waals surface area contributed by atoms with E-state index in [1.807, 2.05) is 24.3 Å². The number of carbonyl (C=O) groups excluding carboxylic acids is 1. The maximum atomic E-state index is 12.4. The summed E-state index contributed by atoms with van der Waals surface area (Å²) in [7, 11) is -3.71. The van der Waals surface area contributed by atoms with E-state index < -0.39 is 22.5 Å². The molecule has 6 nitrogen and oxygen atoms in total. The second kappa shape index (κ2) is 8.82. The minimum absolute atomic E-state index is 0.379. The maximum absolute atomic E-state index is 12.4. The van der Waals surface area contributed by atoms with Crippen molar-refractivity contribution in [2.75, 3.05) is 17.1 Å². The normalized spacial score (nSPS) is 11.7. The highest BCUT2D eigenvalue weighted by Crippen LogP contribution is 2.28. The lowest BCUT2D eigenvalue weighted by atomic mass is 10.1. The standard InChI is InChI=1S/C20H17Cl2N3O3S/c1-29(27,28)25(19-8-4-6-14-5-2-3-7-17(14)19)13-20(26)24-23-12-15-9-10-16(21)11-18(15)22/h2-12H,13H2,1H3,(H,24,26)/b23-12-. The Morgan fingerprint density at radius 1 is 1.10 bits per heavy atom. The third-order valence-electron chi connectivity index (χ3n) is 4.08. The van der Waals surface area contributed by atoms with Gasteiger partial charge >= 0.3 is 0 Å². The van der Waals surface area contributed by atoms with Crippen molar-refractivity contribution in [3.05, 3.63) is 76.3 Å². The van der Waals surface area contributed by atoms with Crippen LogP contribution in [0.15, 0.2) is 65.8 Å². The monoisotopic (exact) mass is 449 g/mol. The van der Waals surface area contributed by atoms with Crippen molar-refractivity contribution in [2.24, 2.45) is 5.10 Å². The summed E-state index contributed by atoms with van der Waals surface area (Å²) < 4.78 is 25.8. The Morgan fingerprint density at radius 2 is 1.83 bits per heavy atom. The number of rotatable bonds is 6. The van der Waals surface area contributed by atoms with Gasteiger partial charge in [0.05, 0.1) is 23.2 Å². The molecule has 0 heterocycles. The van der Waals surface area contributed by atoms with Gasteiger partial charge in [-0.3, -0.25) is 9.10 Å². The van der Waals surface area contributed by atoms with Gasteiger partial charge in [-0.25, -0.2) is 13.8 Å². The lowest BCUT2D eigenvalue weighted by molar-refractivity contribution is -0.119. The average Bonchev–Trinajstić information content (AvgIpc) is 2.66. The van der Waals surface area contributed by atoms with Crippen LogP contribution in [0.3, 0.4) is 0 Å². The van der Waals surface area contributed by atoms with Crippen molar-refractivity contribution in [1.29, 1.82) is 0 Å². The molecule has 0 bridgehead atoms. The van der Waals surface area contributed by atoms with Gasteiger partial charge in [0, 0.05) is 16.0 Å². The predicted octanol–water partition coefficient (Wildman–Crippen LogP) is 4.06. The summed E-state index contributed by atoms with van der Waals surface area (Å²) in [4.78, 5) is 12.4. The summed E-state index contributed by atoms with van der Waals surface area (Å²) in [6.07, 6.45) is 2.41. The van der Waals surface area contributed by atoms with Crippen LogP contribution in [-0.2, 0) is 14.8 Å². The first kappa shape index (κ1) is 21.1. The molecule has 0 aliphatic rings. The Kier molecular flexibility index (Phi) is 6.42. The van der Waals surface area contributed by atoms with Crippen molar-refractivity contribution in [3.63, 3.8) is 0 Å². The fraction of sp³-hybridized carbons (Fsp3) is 0.100. The smallest absolute Gasteiger partial charge is 0.260 e. The number of hydrogen-bond acceptors (Lipinski definition) is 4. The molecule has 1 amide bonds. The molecule has 3 aromatic rings. The zero-order valence-electron chi connectivity index (χ0n) is 15.3. The van der Waals surface area contributed by atoms with Gasteiger partial charge in [-0.05, 0) is 23.6 Å². The quantitative estimate of drug-likeness (QED) is 0.455. The van der Waals surface area contributed by atoms with Crippen LogP contribution in [0.1, 0.15) is 5.56 Å². The summed E-state index contributed by atoms with van der Waals surface area (Å²) in [6.45, 7) is -0.418. The lowest BCUT2D eigenvalue weighted by Gasteiger charge is -2.23. The number of halogens is 2. The van der Waals surface area contributed by atoms with E-state index >= 15 is 0 Å². The second-order valence-electron chi connectivity index (χ2n) is 6.23. The van der Waals surface area contributed by atoms with E-state index in [4.69, 9.17) is 23.2 Å². The topological polar surface area (TPSA) is 78.8 Å². The first-order chi connectivity index (χ1) is 13.8. The van der Waals surface area contributed by atoms with Crippen molar-refractivity contribution in [3.8, 4) is 0 Å². The first-order valence-corrected chi connectivity index (χ1v) is 11.1. The number of nitrogens with zero attached hydrogens (tertiary/aromatic N) is 2. The molecule has 3 rings (SSSR count). The van der Waals surface area contributed by atoms with Crippen LogP contribution in [0.5, 0.6) is 0 Å². The number of sulfonamides is 1. The van der Waals surface area contributed by atoms with Crippen molar-refractivity contribution in [1.82, 2.24) is 5.43 Å². The van der Waals surface area contributed by atoms with Gasteiger partial charge in [-0.15, -0.1) is 0 Å². The van der Waals surface area contributed by atoms with E-state index in [9.17, 15) is 13.2 Å². The third-order valence-corrected chi connectivity index (χ3v) is 5.77. The number of nitrogens with one attached hydrogen (secondary N) is 1. The highest BCUT2D eigenvalue weighted by molar-refractivity contribution is 7.92. The van der Waals surface area contributed by atoms with Gasteiger partial charge in [-0.1, -0.05) is 65.7 Å². The molecule has 0 saturated heterocycles. The van der Waals surface area contributed by atoms with E-state index in [2.05, 4.69) is 10.5 Å². The van der Waals surface area contributed by atoms with E-state index in [0.29, 0.717) is 21.3 Å². The van der Waals surface area contributed by atoms with E-state index in [-0.39, 0.29) is 0 Å². The molecule has 1 N–H and O–H groups in total. The summed E-state index contributed by atoms with van der Waals surface area (Å²) in [5, 5.41) is 6.31. The molecular weight excluding hydrogens is 433 g/mol. The van der Waals surface area contributed by atoms with Gasteiger partial charge in [0.25, 0.3) is 5.91 Å². The second-order valence-corrected chi connectivity index (χ2v) is 8.98. The molecule has 0 spiro atoms. The molecule has 0 atom stereocenters. The lowest BCUT2D eigenvalue weighted by Crippen LogP contribution is -2.39. The molecule has 0 radical (unpaired) electrons. The van der Waals surface area contributed by atoms with Gasteiger partial charge in [0.1, 0.15) is 6.54 Å². The predicted molar refractivity (Wildman–Crippen MR) is 118 cm³/mol.